The van der Waals surface area contributed by atoms with E-state index in [1.54, 1.807) is 0 Å². The highest BCUT2D eigenvalue weighted by atomic mass is 16.5. The molecule has 3 aromatic rings. The second-order valence-corrected chi connectivity index (χ2v) is 6.26. The minimum absolute atomic E-state index is 0.0344. The summed E-state index contributed by atoms with van der Waals surface area (Å²) in [6.07, 6.45) is 0.900. The number of anilines is 1. The molecule has 0 heterocycles. The number of carbonyl (C=O) groups is 1. The van der Waals surface area contributed by atoms with Crippen LogP contribution < -0.4 is 10.1 Å². The number of hydrogen-bond acceptors (Lipinski definition) is 2. The zero-order chi connectivity index (χ0) is 17.1. The van der Waals surface area contributed by atoms with E-state index in [0.29, 0.717) is 17.4 Å². The van der Waals surface area contributed by atoms with Crippen LogP contribution in [0.1, 0.15) is 17.9 Å². The number of nitrogens with one attached hydrogen (secondary N) is 1. The standard InChI is InChI=1S/C22H19NO2/c24-22(19-15-18(19)16-9-3-1-4-10-16)23-20-13-7-8-14-21(20)25-17-11-5-2-6-12-17/h1-14,18-19H,15H2,(H,23,24)/t18-,19+/m0/s1. The summed E-state index contributed by atoms with van der Waals surface area (Å²) in [5.74, 6) is 1.81. The van der Waals surface area contributed by atoms with Gasteiger partial charge in [0, 0.05) is 5.92 Å². The van der Waals surface area contributed by atoms with Gasteiger partial charge in [0.2, 0.25) is 5.91 Å². The number of hydrogen-bond donors (Lipinski definition) is 1. The van der Waals surface area contributed by atoms with E-state index < -0.39 is 0 Å². The molecule has 4 rings (SSSR count). The molecule has 0 spiro atoms. The van der Waals surface area contributed by atoms with Gasteiger partial charge >= 0.3 is 0 Å². The topological polar surface area (TPSA) is 38.3 Å². The third-order valence-electron chi connectivity index (χ3n) is 4.47. The average Bonchev–Trinajstić information content (AvgIpc) is 3.46. The summed E-state index contributed by atoms with van der Waals surface area (Å²) in [6.45, 7) is 0. The van der Waals surface area contributed by atoms with Gasteiger partial charge in [0.05, 0.1) is 5.69 Å². The maximum absolute atomic E-state index is 12.6. The van der Waals surface area contributed by atoms with Crippen LogP contribution >= 0.6 is 0 Å². The highest BCUT2D eigenvalue weighted by Gasteiger charge is 2.43. The van der Waals surface area contributed by atoms with Crippen LogP contribution in [0.5, 0.6) is 11.5 Å². The molecule has 3 heteroatoms. The summed E-state index contributed by atoms with van der Waals surface area (Å²) in [5, 5.41) is 3.03. The van der Waals surface area contributed by atoms with Crippen molar-refractivity contribution >= 4 is 11.6 Å². The Morgan fingerprint density at radius 2 is 1.48 bits per heavy atom. The highest BCUT2D eigenvalue weighted by Crippen LogP contribution is 2.48. The minimum atomic E-state index is 0.0344. The molecule has 0 aromatic heterocycles. The van der Waals surface area contributed by atoms with E-state index in [2.05, 4.69) is 17.4 Å². The van der Waals surface area contributed by atoms with Gasteiger partial charge in [-0.15, -0.1) is 0 Å². The first kappa shape index (κ1) is 15.5. The second-order valence-electron chi connectivity index (χ2n) is 6.26. The quantitative estimate of drug-likeness (QED) is 0.697. The Morgan fingerprint density at radius 1 is 0.840 bits per heavy atom. The summed E-state index contributed by atoms with van der Waals surface area (Å²) in [6, 6.07) is 27.3. The van der Waals surface area contributed by atoms with Gasteiger partial charge in [-0.1, -0.05) is 60.7 Å². The highest BCUT2D eigenvalue weighted by molar-refractivity contribution is 5.96. The number of para-hydroxylation sites is 3. The lowest BCUT2D eigenvalue weighted by Crippen LogP contribution is -2.15. The maximum atomic E-state index is 12.6. The zero-order valence-corrected chi connectivity index (χ0v) is 13.8. The van der Waals surface area contributed by atoms with Crippen LogP contribution in [-0.2, 0) is 4.79 Å². The Kier molecular flexibility index (Phi) is 4.21. The fourth-order valence-corrected chi connectivity index (χ4v) is 3.05. The Labute approximate surface area is 147 Å². The number of amides is 1. The van der Waals surface area contributed by atoms with E-state index >= 15 is 0 Å². The molecule has 0 aliphatic heterocycles. The molecule has 124 valence electrons. The molecule has 1 N–H and O–H groups in total. The van der Waals surface area contributed by atoms with Gasteiger partial charge in [0.15, 0.2) is 5.75 Å². The van der Waals surface area contributed by atoms with Crippen LogP contribution in [0.4, 0.5) is 5.69 Å². The lowest BCUT2D eigenvalue weighted by atomic mass is 10.1. The van der Waals surface area contributed by atoms with Crippen LogP contribution in [-0.4, -0.2) is 5.91 Å². The van der Waals surface area contributed by atoms with Gasteiger partial charge in [-0.2, -0.15) is 0 Å². The molecule has 1 saturated carbocycles. The van der Waals surface area contributed by atoms with Gasteiger partial charge in [0.25, 0.3) is 0 Å². The van der Waals surface area contributed by atoms with Crippen molar-refractivity contribution < 1.29 is 9.53 Å². The molecule has 3 nitrogen and oxygen atoms in total. The van der Waals surface area contributed by atoms with E-state index in [4.69, 9.17) is 4.74 Å². The van der Waals surface area contributed by atoms with Crippen LogP contribution in [0.3, 0.4) is 0 Å². The predicted molar refractivity (Wildman–Crippen MR) is 98.9 cm³/mol. The molecule has 25 heavy (non-hydrogen) atoms. The Hall–Kier alpha value is -3.07. The van der Waals surface area contributed by atoms with Gasteiger partial charge < -0.3 is 10.1 Å². The molecule has 1 fully saturated rings. The Balaban J connectivity index is 1.46. The number of rotatable bonds is 5. The lowest BCUT2D eigenvalue weighted by molar-refractivity contribution is -0.117. The van der Waals surface area contributed by atoms with E-state index in [9.17, 15) is 4.79 Å². The van der Waals surface area contributed by atoms with Crippen molar-refractivity contribution in [3.05, 3.63) is 90.5 Å². The van der Waals surface area contributed by atoms with Crippen molar-refractivity contribution in [1.29, 1.82) is 0 Å². The summed E-state index contributed by atoms with van der Waals surface area (Å²) in [5.41, 5.74) is 1.94. The van der Waals surface area contributed by atoms with Crippen molar-refractivity contribution in [2.24, 2.45) is 5.92 Å². The van der Waals surface area contributed by atoms with Gasteiger partial charge in [-0.3, -0.25) is 4.79 Å². The SMILES string of the molecule is O=C(Nc1ccccc1Oc1ccccc1)[C@@H]1C[C@H]1c1ccccc1. The maximum Gasteiger partial charge on any atom is 0.228 e. The minimum Gasteiger partial charge on any atom is -0.455 e. The molecule has 1 aliphatic carbocycles. The summed E-state index contributed by atoms with van der Waals surface area (Å²) < 4.78 is 5.91. The molecule has 0 saturated heterocycles. The largest absolute Gasteiger partial charge is 0.455 e. The zero-order valence-electron chi connectivity index (χ0n) is 13.8. The molecular weight excluding hydrogens is 310 g/mol. The van der Waals surface area contributed by atoms with E-state index in [0.717, 1.165) is 12.2 Å². The Bertz CT molecular complexity index is 861. The summed E-state index contributed by atoms with van der Waals surface area (Å²) in [7, 11) is 0. The second kappa shape index (κ2) is 6.81. The third-order valence-corrected chi connectivity index (χ3v) is 4.47. The fourth-order valence-electron chi connectivity index (χ4n) is 3.05. The predicted octanol–water partition coefficient (Wildman–Crippen LogP) is 5.22. The summed E-state index contributed by atoms with van der Waals surface area (Å²) in [4.78, 5) is 12.6. The first-order chi connectivity index (χ1) is 12.3. The molecule has 1 amide bonds. The van der Waals surface area contributed by atoms with Crippen LogP contribution in [0, 0.1) is 5.92 Å². The molecular formula is C22H19NO2. The van der Waals surface area contributed by atoms with Crippen LogP contribution in [0.2, 0.25) is 0 Å². The van der Waals surface area contributed by atoms with Crippen LogP contribution in [0.15, 0.2) is 84.9 Å². The first-order valence-corrected chi connectivity index (χ1v) is 8.49. The van der Waals surface area contributed by atoms with Gasteiger partial charge in [-0.25, -0.2) is 0 Å². The normalized spacial score (nSPS) is 18.4. The first-order valence-electron chi connectivity index (χ1n) is 8.49. The van der Waals surface area contributed by atoms with E-state index in [-0.39, 0.29) is 11.8 Å². The van der Waals surface area contributed by atoms with Crippen molar-refractivity contribution in [1.82, 2.24) is 0 Å². The van der Waals surface area contributed by atoms with Gasteiger partial charge in [-0.05, 0) is 42.2 Å². The average molecular weight is 329 g/mol. The van der Waals surface area contributed by atoms with Crippen molar-refractivity contribution in [2.75, 3.05) is 5.32 Å². The molecule has 0 radical (unpaired) electrons. The monoisotopic (exact) mass is 329 g/mol. The fraction of sp³-hybridized carbons (Fsp3) is 0.136. The smallest absolute Gasteiger partial charge is 0.228 e. The van der Waals surface area contributed by atoms with E-state index in [1.165, 1.54) is 5.56 Å². The van der Waals surface area contributed by atoms with Gasteiger partial charge in [0.1, 0.15) is 5.75 Å². The molecule has 2 atom stereocenters. The number of benzene rings is 3. The van der Waals surface area contributed by atoms with Crippen molar-refractivity contribution in [3.63, 3.8) is 0 Å². The van der Waals surface area contributed by atoms with E-state index in [1.807, 2.05) is 72.8 Å². The summed E-state index contributed by atoms with van der Waals surface area (Å²) >= 11 is 0. The number of ether oxygens (including phenoxy) is 1. The van der Waals surface area contributed by atoms with Crippen LogP contribution in [0.25, 0.3) is 0 Å². The van der Waals surface area contributed by atoms with Crippen molar-refractivity contribution in [2.45, 2.75) is 12.3 Å². The number of carbonyl (C=O) groups excluding carboxylic acids is 1. The molecule has 1 aliphatic rings. The van der Waals surface area contributed by atoms with Crippen molar-refractivity contribution in [3.8, 4) is 11.5 Å². The Morgan fingerprint density at radius 3 is 2.24 bits per heavy atom. The molecule has 0 unspecified atom stereocenters. The third kappa shape index (κ3) is 3.56. The lowest BCUT2D eigenvalue weighted by Gasteiger charge is -2.12. The molecule has 0 bridgehead atoms. The molecule has 3 aromatic carbocycles.